The highest BCUT2D eigenvalue weighted by atomic mass is 15.5. The summed E-state index contributed by atoms with van der Waals surface area (Å²) in [4.78, 5) is 1.70. The molecule has 1 N–H and O–H groups in total. The van der Waals surface area contributed by atoms with E-state index in [4.69, 9.17) is 0 Å². The van der Waals surface area contributed by atoms with Gasteiger partial charge in [-0.25, -0.2) is 0 Å². The average molecular weight is 258 g/mol. The standard InChI is InChI=1S/C15H22N4/c1-3-5-11-14(16-4-2)15-12-17-19(18-15)13-9-7-6-8-10-13/h6-10,12,14,16H,3-5,11H2,1-2H3. The van der Waals surface area contributed by atoms with Crippen LogP contribution in [0.1, 0.15) is 44.8 Å². The summed E-state index contributed by atoms with van der Waals surface area (Å²) in [5, 5.41) is 12.4. The molecule has 0 aliphatic carbocycles. The Morgan fingerprint density at radius 1 is 1.21 bits per heavy atom. The predicted octanol–water partition coefficient (Wildman–Crippen LogP) is 3.11. The highest BCUT2D eigenvalue weighted by molar-refractivity contribution is 5.28. The minimum Gasteiger partial charge on any atom is -0.309 e. The second kappa shape index (κ2) is 7.04. The van der Waals surface area contributed by atoms with Crippen molar-refractivity contribution in [3.8, 4) is 5.69 Å². The first kappa shape index (κ1) is 13.7. The number of para-hydroxylation sites is 1. The van der Waals surface area contributed by atoms with Crippen molar-refractivity contribution in [1.29, 1.82) is 0 Å². The molecule has 0 saturated heterocycles. The van der Waals surface area contributed by atoms with E-state index in [-0.39, 0.29) is 0 Å². The second-order valence-corrected chi connectivity index (χ2v) is 4.65. The fourth-order valence-corrected chi connectivity index (χ4v) is 2.13. The van der Waals surface area contributed by atoms with E-state index in [1.165, 1.54) is 12.8 Å². The van der Waals surface area contributed by atoms with Crippen LogP contribution in [-0.2, 0) is 0 Å². The third kappa shape index (κ3) is 3.64. The van der Waals surface area contributed by atoms with Gasteiger partial charge in [0.25, 0.3) is 0 Å². The zero-order valence-corrected chi connectivity index (χ0v) is 11.7. The van der Waals surface area contributed by atoms with Gasteiger partial charge in [0.2, 0.25) is 0 Å². The summed E-state index contributed by atoms with van der Waals surface area (Å²) in [5.41, 5.74) is 2.03. The van der Waals surface area contributed by atoms with Crippen LogP contribution >= 0.6 is 0 Å². The summed E-state index contributed by atoms with van der Waals surface area (Å²) in [6, 6.07) is 10.3. The fourth-order valence-electron chi connectivity index (χ4n) is 2.13. The van der Waals surface area contributed by atoms with Gasteiger partial charge in [-0.15, -0.1) is 0 Å². The molecule has 0 saturated carbocycles. The molecule has 19 heavy (non-hydrogen) atoms. The van der Waals surface area contributed by atoms with Crippen molar-refractivity contribution in [2.75, 3.05) is 6.54 Å². The van der Waals surface area contributed by atoms with E-state index in [1.807, 2.05) is 36.5 Å². The molecule has 0 spiro atoms. The lowest BCUT2D eigenvalue weighted by molar-refractivity contribution is 0.481. The summed E-state index contributed by atoms with van der Waals surface area (Å²) >= 11 is 0. The minimum absolute atomic E-state index is 0.308. The summed E-state index contributed by atoms with van der Waals surface area (Å²) < 4.78 is 0. The maximum atomic E-state index is 4.60. The maximum absolute atomic E-state index is 4.60. The van der Waals surface area contributed by atoms with E-state index < -0.39 is 0 Å². The molecule has 1 aromatic heterocycles. The Morgan fingerprint density at radius 3 is 2.68 bits per heavy atom. The Kier molecular flexibility index (Phi) is 5.10. The van der Waals surface area contributed by atoms with E-state index in [9.17, 15) is 0 Å². The first-order valence-corrected chi connectivity index (χ1v) is 7.06. The van der Waals surface area contributed by atoms with Crippen LogP contribution in [0, 0.1) is 0 Å². The zero-order valence-electron chi connectivity index (χ0n) is 11.7. The Balaban J connectivity index is 2.14. The molecule has 0 bridgehead atoms. The molecule has 0 fully saturated rings. The van der Waals surface area contributed by atoms with Gasteiger partial charge in [-0.2, -0.15) is 15.0 Å². The molecule has 0 aliphatic heterocycles. The average Bonchev–Trinajstić information content (AvgIpc) is 2.94. The summed E-state index contributed by atoms with van der Waals surface area (Å²) in [5.74, 6) is 0. The van der Waals surface area contributed by atoms with E-state index in [0.717, 1.165) is 24.3 Å². The molecule has 2 aromatic rings. The molecule has 1 heterocycles. The smallest absolute Gasteiger partial charge is 0.100 e. The number of hydrogen-bond donors (Lipinski definition) is 1. The van der Waals surface area contributed by atoms with Gasteiger partial charge in [0.15, 0.2) is 0 Å². The number of unbranched alkanes of at least 4 members (excludes halogenated alkanes) is 1. The van der Waals surface area contributed by atoms with Gasteiger partial charge in [-0.1, -0.05) is 44.9 Å². The van der Waals surface area contributed by atoms with Gasteiger partial charge >= 0.3 is 0 Å². The van der Waals surface area contributed by atoms with E-state index in [1.54, 1.807) is 4.80 Å². The highest BCUT2D eigenvalue weighted by Gasteiger charge is 2.14. The van der Waals surface area contributed by atoms with Gasteiger partial charge in [0.1, 0.15) is 5.69 Å². The molecule has 0 radical (unpaired) electrons. The van der Waals surface area contributed by atoms with Crippen molar-refractivity contribution in [1.82, 2.24) is 20.3 Å². The minimum atomic E-state index is 0.308. The highest BCUT2D eigenvalue weighted by Crippen LogP contribution is 2.17. The second-order valence-electron chi connectivity index (χ2n) is 4.65. The van der Waals surface area contributed by atoms with Gasteiger partial charge in [-0.05, 0) is 25.1 Å². The molecule has 1 unspecified atom stereocenters. The molecule has 1 aromatic carbocycles. The van der Waals surface area contributed by atoms with Crippen molar-refractivity contribution in [3.05, 3.63) is 42.2 Å². The van der Waals surface area contributed by atoms with Crippen molar-refractivity contribution >= 4 is 0 Å². The van der Waals surface area contributed by atoms with Crippen LogP contribution in [0.5, 0.6) is 0 Å². The van der Waals surface area contributed by atoms with Gasteiger partial charge in [-0.3, -0.25) is 0 Å². The summed E-state index contributed by atoms with van der Waals surface area (Å²) in [6.45, 7) is 5.29. The Hall–Kier alpha value is -1.68. The first-order chi connectivity index (χ1) is 9.35. The van der Waals surface area contributed by atoms with Gasteiger partial charge < -0.3 is 5.32 Å². The lowest BCUT2D eigenvalue weighted by Gasteiger charge is -2.14. The molecular formula is C15H22N4. The monoisotopic (exact) mass is 258 g/mol. The first-order valence-electron chi connectivity index (χ1n) is 7.06. The SMILES string of the molecule is CCCCC(NCC)c1cnn(-c2ccccc2)n1. The quantitative estimate of drug-likeness (QED) is 0.829. The molecule has 4 nitrogen and oxygen atoms in total. The van der Waals surface area contributed by atoms with Crippen molar-refractivity contribution in [2.45, 2.75) is 39.2 Å². The van der Waals surface area contributed by atoms with Gasteiger partial charge in [0.05, 0.1) is 17.9 Å². The van der Waals surface area contributed by atoms with E-state index in [2.05, 4.69) is 29.4 Å². The van der Waals surface area contributed by atoms with Crippen LogP contribution in [0.25, 0.3) is 5.69 Å². The number of benzene rings is 1. The largest absolute Gasteiger partial charge is 0.309 e. The maximum Gasteiger partial charge on any atom is 0.100 e. The van der Waals surface area contributed by atoms with Crippen LogP contribution < -0.4 is 5.32 Å². The molecule has 102 valence electrons. The molecule has 0 amide bonds. The van der Waals surface area contributed by atoms with Crippen molar-refractivity contribution in [2.24, 2.45) is 0 Å². The zero-order chi connectivity index (χ0) is 13.5. The Labute approximate surface area is 114 Å². The Bertz CT molecular complexity index is 478. The molecule has 0 aliphatic rings. The van der Waals surface area contributed by atoms with E-state index >= 15 is 0 Å². The normalized spacial score (nSPS) is 12.5. The number of rotatable bonds is 7. The van der Waals surface area contributed by atoms with Crippen molar-refractivity contribution < 1.29 is 0 Å². The lowest BCUT2D eigenvalue weighted by atomic mass is 10.1. The van der Waals surface area contributed by atoms with Crippen LogP contribution in [-0.4, -0.2) is 21.5 Å². The topological polar surface area (TPSA) is 42.7 Å². The predicted molar refractivity (Wildman–Crippen MR) is 77.3 cm³/mol. The van der Waals surface area contributed by atoms with Gasteiger partial charge in [0, 0.05) is 0 Å². The van der Waals surface area contributed by atoms with Crippen LogP contribution in [0.4, 0.5) is 0 Å². The van der Waals surface area contributed by atoms with Crippen LogP contribution in [0.15, 0.2) is 36.5 Å². The summed E-state index contributed by atoms with van der Waals surface area (Å²) in [6.07, 6.45) is 5.39. The third-order valence-corrected chi connectivity index (χ3v) is 3.15. The molecule has 2 rings (SSSR count). The summed E-state index contributed by atoms with van der Waals surface area (Å²) in [7, 11) is 0. The van der Waals surface area contributed by atoms with Crippen LogP contribution in [0.2, 0.25) is 0 Å². The number of nitrogens with one attached hydrogen (secondary N) is 1. The fraction of sp³-hybridized carbons (Fsp3) is 0.467. The number of aromatic nitrogens is 3. The lowest BCUT2D eigenvalue weighted by Crippen LogP contribution is -2.21. The number of hydrogen-bond acceptors (Lipinski definition) is 3. The molecule has 1 atom stereocenters. The molecule has 4 heteroatoms. The molecular weight excluding hydrogens is 236 g/mol. The van der Waals surface area contributed by atoms with E-state index in [0.29, 0.717) is 6.04 Å². The van der Waals surface area contributed by atoms with Crippen LogP contribution in [0.3, 0.4) is 0 Å². The Morgan fingerprint density at radius 2 is 2.00 bits per heavy atom. The third-order valence-electron chi connectivity index (χ3n) is 3.15. The van der Waals surface area contributed by atoms with Crippen molar-refractivity contribution in [3.63, 3.8) is 0 Å². The number of nitrogens with zero attached hydrogens (tertiary/aromatic N) is 3.